The van der Waals surface area contributed by atoms with Crippen molar-refractivity contribution in [1.29, 1.82) is 0 Å². The lowest BCUT2D eigenvalue weighted by atomic mass is 9.68. The van der Waals surface area contributed by atoms with E-state index in [0.717, 1.165) is 10.8 Å². The molecule has 5 aliphatic rings. The second kappa shape index (κ2) is 3.98. The van der Waals surface area contributed by atoms with E-state index in [2.05, 4.69) is 0 Å². The molecule has 1 fully saturated rings. The van der Waals surface area contributed by atoms with Crippen LogP contribution in [0.4, 0.5) is 0 Å². The molecule has 5 unspecified atom stereocenters. The van der Waals surface area contributed by atoms with Crippen molar-refractivity contribution in [1.82, 2.24) is 0 Å². The molecule has 0 amide bonds. The molecule has 0 radical (unpaired) electrons. The number of hydrogen-bond donors (Lipinski definition) is 3. The summed E-state index contributed by atoms with van der Waals surface area (Å²) < 4.78 is 24.2. The molecule has 136 valence electrons. The van der Waals surface area contributed by atoms with E-state index in [1.807, 2.05) is 36.4 Å². The molecule has 7 rings (SSSR count). The highest BCUT2D eigenvalue weighted by molar-refractivity contribution is 5.94. The van der Waals surface area contributed by atoms with Crippen LogP contribution in [-0.4, -0.2) is 50.6 Å². The molecular formula is C20H14O7. The zero-order valence-electron chi connectivity index (χ0n) is 13.8. The zero-order chi connectivity index (χ0) is 18.2. The number of ether oxygens (including phenoxy) is 4. The van der Waals surface area contributed by atoms with Crippen molar-refractivity contribution in [3.05, 3.63) is 60.1 Å². The van der Waals surface area contributed by atoms with Crippen LogP contribution in [0.25, 0.3) is 10.8 Å². The summed E-state index contributed by atoms with van der Waals surface area (Å²) >= 11 is 0. The molecule has 1 spiro atoms. The van der Waals surface area contributed by atoms with Gasteiger partial charge in [-0.15, -0.1) is 0 Å². The maximum atomic E-state index is 10.9. The normalized spacial score (nSPS) is 41.1. The summed E-state index contributed by atoms with van der Waals surface area (Å²) in [6.07, 6.45) is -0.679. The van der Waals surface area contributed by atoms with Gasteiger partial charge in [-0.2, -0.15) is 0 Å². The quantitative estimate of drug-likeness (QED) is 0.466. The summed E-state index contributed by atoms with van der Waals surface area (Å²) in [5, 5.41) is 34.0. The molecule has 1 saturated heterocycles. The van der Waals surface area contributed by atoms with E-state index in [1.165, 1.54) is 12.2 Å². The summed E-state index contributed by atoms with van der Waals surface area (Å²) in [5.41, 5.74) is -3.02. The predicted octanol–water partition coefficient (Wildman–Crippen LogP) is 0.723. The monoisotopic (exact) mass is 366 g/mol. The first-order valence-corrected chi connectivity index (χ1v) is 8.80. The summed E-state index contributed by atoms with van der Waals surface area (Å²) in [4.78, 5) is 0. The fourth-order valence-electron chi connectivity index (χ4n) is 5.12. The van der Waals surface area contributed by atoms with Gasteiger partial charge in [-0.3, -0.25) is 0 Å². The Morgan fingerprint density at radius 3 is 2.22 bits per heavy atom. The van der Waals surface area contributed by atoms with E-state index in [0.29, 0.717) is 11.5 Å². The van der Waals surface area contributed by atoms with E-state index in [1.54, 1.807) is 0 Å². The van der Waals surface area contributed by atoms with Gasteiger partial charge in [0, 0.05) is 0 Å². The molecule has 7 heteroatoms. The van der Waals surface area contributed by atoms with Crippen molar-refractivity contribution in [3.63, 3.8) is 0 Å². The SMILES string of the molecule is OC1C=CC(O)C23OC12C(O)C1=C(O1)C31Oc2cccc3cccc(c23)O1. The second-order valence-corrected chi connectivity index (χ2v) is 7.53. The average Bonchev–Trinajstić information content (AvgIpc) is 3.57. The topological polar surface area (TPSA) is 104 Å². The number of benzene rings is 2. The summed E-state index contributed by atoms with van der Waals surface area (Å²) in [6, 6.07) is 11.3. The van der Waals surface area contributed by atoms with E-state index < -0.39 is 35.3 Å². The van der Waals surface area contributed by atoms with Gasteiger partial charge >= 0.3 is 5.79 Å². The molecule has 2 aliphatic carbocycles. The Bertz CT molecular complexity index is 1080. The highest BCUT2D eigenvalue weighted by Crippen LogP contribution is 2.73. The standard InChI is InChI=1S/C20H14O7/c21-12-7-8-13(22)19-18(12,27-19)16(23)15-17(24-15)20(19)25-10-5-1-3-9-4-2-6-11(26-20)14(9)10/h1-8,12-13,16,21-23H. The van der Waals surface area contributed by atoms with Crippen LogP contribution in [0, 0.1) is 0 Å². The van der Waals surface area contributed by atoms with Gasteiger partial charge in [0.25, 0.3) is 0 Å². The highest BCUT2D eigenvalue weighted by Gasteiger charge is 2.97. The molecule has 3 heterocycles. The molecule has 5 atom stereocenters. The zero-order valence-corrected chi connectivity index (χ0v) is 13.8. The van der Waals surface area contributed by atoms with Gasteiger partial charge in [-0.05, 0) is 17.5 Å². The molecule has 2 aromatic rings. The van der Waals surface area contributed by atoms with Crippen molar-refractivity contribution < 1.29 is 34.3 Å². The number of aliphatic hydroxyl groups is 3. The van der Waals surface area contributed by atoms with Crippen LogP contribution < -0.4 is 9.47 Å². The van der Waals surface area contributed by atoms with Crippen molar-refractivity contribution in [2.24, 2.45) is 0 Å². The van der Waals surface area contributed by atoms with Crippen molar-refractivity contribution in [2.45, 2.75) is 35.3 Å². The average molecular weight is 366 g/mol. The Morgan fingerprint density at radius 2 is 1.52 bits per heavy atom. The van der Waals surface area contributed by atoms with Crippen LogP contribution >= 0.6 is 0 Å². The third-order valence-corrected chi connectivity index (χ3v) is 6.37. The van der Waals surface area contributed by atoms with Crippen molar-refractivity contribution in [2.75, 3.05) is 0 Å². The van der Waals surface area contributed by atoms with Gasteiger partial charge in [0.2, 0.25) is 11.4 Å². The van der Waals surface area contributed by atoms with Gasteiger partial charge in [0.1, 0.15) is 23.7 Å². The van der Waals surface area contributed by atoms with Crippen LogP contribution in [0.1, 0.15) is 0 Å². The van der Waals surface area contributed by atoms with E-state index in [-0.39, 0.29) is 11.5 Å². The van der Waals surface area contributed by atoms with E-state index >= 15 is 0 Å². The van der Waals surface area contributed by atoms with Crippen LogP contribution in [0.15, 0.2) is 60.1 Å². The molecule has 3 aliphatic heterocycles. The van der Waals surface area contributed by atoms with Crippen molar-refractivity contribution in [3.8, 4) is 11.5 Å². The summed E-state index contributed by atoms with van der Waals surface area (Å²) in [5.74, 6) is 0.0358. The smallest absolute Gasteiger partial charge is 0.350 e. The molecule has 27 heavy (non-hydrogen) atoms. The number of rotatable bonds is 0. The van der Waals surface area contributed by atoms with Crippen LogP contribution in [-0.2, 0) is 9.47 Å². The van der Waals surface area contributed by atoms with Gasteiger partial charge in [-0.1, -0.05) is 36.4 Å². The van der Waals surface area contributed by atoms with Crippen LogP contribution in [0.2, 0.25) is 0 Å². The molecule has 2 aromatic carbocycles. The molecule has 0 bridgehead atoms. The Kier molecular flexibility index (Phi) is 2.13. The Labute approximate surface area is 152 Å². The van der Waals surface area contributed by atoms with Gasteiger partial charge < -0.3 is 34.3 Å². The summed E-state index contributed by atoms with van der Waals surface area (Å²) in [6.45, 7) is 0. The number of hydrogen-bond acceptors (Lipinski definition) is 7. The first-order chi connectivity index (χ1) is 13.1. The maximum Gasteiger partial charge on any atom is 0.350 e. The first kappa shape index (κ1) is 14.5. The maximum absolute atomic E-state index is 10.9. The number of epoxide rings is 1. The molecule has 3 N–H and O–H groups in total. The molecule has 7 nitrogen and oxygen atoms in total. The van der Waals surface area contributed by atoms with E-state index in [9.17, 15) is 15.3 Å². The minimum absolute atomic E-state index is 0.260. The minimum atomic E-state index is -1.63. The molecular weight excluding hydrogens is 352 g/mol. The molecule has 0 saturated carbocycles. The lowest BCUT2D eigenvalue weighted by Gasteiger charge is -2.44. The summed E-state index contributed by atoms with van der Waals surface area (Å²) in [7, 11) is 0. The highest BCUT2D eigenvalue weighted by atomic mass is 16.8. The Morgan fingerprint density at radius 1 is 0.852 bits per heavy atom. The number of aliphatic hydroxyl groups excluding tert-OH is 3. The largest absolute Gasteiger partial charge is 0.447 e. The second-order valence-electron chi connectivity index (χ2n) is 7.53. The van der Waals surface area contributed by atoms with Crippen LogP contribution in [0.3, 0.4) is 0 Å². The van der Waals surface area contributed by atoms with Crippen molar-refractivity contribution >= 4 is 10.8 Å². The molecule has 0 aromatic heterocycles. The lowest BCUT2D eigenvalue weighted by molar-refractivity contribution is -0.173. The Hall–Kier alpha value is -2.58. The third-order valence-electron chi connectivity index (χ3n) is 6.37. The fourth-order valence-corrected chi connectivity index (χ4v) is 5.12. The Balaban J connectivity index is 1.52. The van der Waals surface area contributed by atoms with Gasteiger partial charge in [0.05, 0.1) is 5.39 Å². The fraction of sp³-hybridized carbons (Fsp3) is 0.300. The third kappa shape index (κ3) is 1.26. The predicted molar refractivity (Wildman–Crippen MR) is 89.8 cm³/mol. The minimum Gasteiger partial charge on any atom is -0.447 e. The van der Waals surface area contributed by atoms with Gasteiger partial charge in [0.15, 0.2) is 17.5 Å². The van der Waals surface area contributed by atoms with Gasteiger partial charge in [-0.25, -0.2) is 0 Å². The first-order valence-electron chi connectivity index (χ1n) is 8.80. The number of fused-ring (bicyclic) bond motifs is 1. The van der Waals surface area contributed by atoms with Crippen LogP contribution in [0.5, 0.6) is 11.5 Å². The lowest BCUT2D eigenvalue weighted by Crippen LogP contribution is -2.69. The van der Waals surface area contributed by atoms with E-state index in [4.69, 9.17) is 18.9 Å².